The summed E-state index contributed by atoms with van der Waals surface area (Å²) in [5.74, 6) is 0.911. The lowest BCUT2D eigenvalue weighted by Crippen LogP contribution is -2.19. The molecular weight excluding hydrogens is 276 g/mol. The van der Waals surface area contributed by atoms with Gasteiger partial charge in [-0.15, -0.1) is 11.8 Å². The summed E-state index contributed by atoms with van der Waals surface area (Å²) in [6.45, 7) is 4.18. The predicted molar refractivity (Wildman–Crippen MR) is 87.9 cm³/mol. The van der Waals surface area contributed by atoms with Crippen LogP contribution in [0.4, 0.5) is 5.69 Å². The average Bonchev–Trinajstić information content (AvgIpc) is 2.38. The summed E-state index contributed by atoms with van der Waals surface area (Å²) in [5, 5.41) is 3.01. The van der Waals surface area contributed by atoms with Gasteiger partial charge in [-0.05, 0) is 24.0 Å². The van der Waals surface area contributed by atoms with Crippen molar-refractivity contribution >= 4 is 40.6 Å². The number of anilines is 1. The molecule has 3 N–H and O–H groups in total. The number of rotatable bonds is 7. The number of hydrogen-bond donors (Lipinski definition) is 2. The van der Waals surface area contributed by atoms with Crippen LogP contribution < -0.4 is 11.1 Å². The first-order valence-corrected chi connectivity index (χ1v) is 7.91. The molecule has 1 rings (SSSR count). The van der Waals surface area contributed by atoms with E-state index >= 15 is 0 Å². The van der Waals surface area contributed by atoms with E-state index in [-0.39, 0.29) is 5.91 Å². The Morgan fingerprint density at radius 3 is 2.32 bits per heavy atom. The number of carbonyl (C=O) groups excluding carboxylic acids is 1. The van der Waals surface area contributed by atoms with Crippen molar-refractivity contribution in [1.29, 1.82) is 0 Å². The highest BCUT2D eigenvalue weighted by Crippen LogP contribution is 2.22. The first-order valence-electron chi connectivity index (χ1n) is 6.35. The predicted octanol–water partition coefficient (Wildman–Crippen LogP) is 2.77. The monoisotopic (exact) mass is 296 g/mol. The number of carbonyl (C=O) groups is 1. The fourth-order valence-corrected chi connectivity index (χ4v) is 2.63. The van der Waals surface area contributed by atoms with Crippen molar-refractivity contribution in [3.05, 3.63) is 29.3 Å². The first-order chi connectivity index (χ1) is 9.08. The number of aryl methyl sites for hydroxylation is 2. The van der Waals surface area contributed by atoms with E-state index in [1.807, 2.05) is 6.07 Å². The summed E-state index contributed by atoms with van der Waals surface area (Å²) in [7, 11) is 0. The molecule has 0 atom stereocenters. The lowest BCUT2D eigenvalue weighted by molar-refractivity contribution is -0.113. The SMILES string of the molecule is CCc1cccc(CC)c1NC(=O)CSCC(N)=S. The largest absolute Gasteiger partial charge is 0.393 e. The maximum absolute atomic E-state index is 11.9. The Balaban J connectivity index is 2.69. The van der Waals surface area contributed by atoms with Crippen LogP contribution in [0.2, 0.25) is 0 Å². The van der Waals surface area contributed by atoms with Gasteiger partial charge in [-0.25, -0.2) is 0 Å². The number of hydrogen-bond acceptors (Lipinski definition) is 3. The molecule has 0 heterocycles. The van der Waals surface area contributed by atoms with Gasteiger partial charge in [-0.2, -0.15) is 0 Å². The Bertz CT molecular complexity index is 439. The molecule has 0 saturated carbocycles. The lowest BCUT2D eigenvalue weighted by atomic mass is 10.0. The van der Waals surface area contributed by atoms with Crippen LogP contribution in [0, 0.1) is 0 Å². The molecular formula is C14H20N2OS2. The number of amides is 1. The zero-order valence-corrected chi connectivity index (χ0v) is 13.0. The molecule has 0 unspecified atom stereocenters. The third-order valence-corrected chi connectivity index (χ3v) is 4.05. The molecule has 1 aromatic carbocycles. The molecule has 0 spiro atoms. The smallest absolute Gasteiger partial charge is 0.234 e. The summed E-state index contributed by atoms with van der Waals surface area (Å²) >= 11 is 6.22. The van der Waals surface area contributed by atoms with Gasteiger partial charge in [0.2, 0.25) is 5.91 Å². The highest BCUT2D eigenvalue weighted by atomic mass is 32.2. The van der Waals surface area contributed by atoms with Crippen LogP contribution in [0.15, 0.2) is 18.2 Å². The van der Waals surface area contributed by atoms with Crippen molar-refractivity contribution in [2.24, 2.45) is 5.73 Å². The summed E-state index contributed by atoms with van der Waals surface area (Å²) in [4.78, 5) is 12.3. The molecule has 0 aliphatic heterocycles. The minimum Gasteiger partial charge on any atom is -0.393 e. The number of nitrogens with two attached hydrogens (primary N) is 1. The average molecular weight is 296 g/mol. The van der Waals surface area contributed by atoms with Gasteiger partial charge in [0.15, 0.2) is 0 Å². The van der Waals surface area contributed by atoms with E-state index in [1.54, 1.807) is 0 Å². The van der Waals surface area contributed by atoms with Gasteiger partial charge in [0, 0.05) is 11.4 Å². The zero-order valence-electron chi connectivity index (χ0n) is 11.4. The number of nitrogens with one attached hydrogen (secondary N) is 1. The second-order valence-electron chi connectivity index (χ2n) is 4.17. The maximum atomic E-state index is 11.9. The minimum absolute atomic E-state index is 0.00292. The van der Waals surface area contributed by atoms with Crippen molar-refractivity contribution < 1.29 is 4.79 Å². The molecule has 104 valence electrons. The first kappa shape index (κ1) is 16.0. The number of thiocarbonyl (C=S) groups is 1. The van der Waals surface area contributed by atoms with Gasteiger partial charge in [0.05, 0.1) is 10.7 Å². The fourth-order valence-electron chi connectivity index (χ4n) is 1.82. The van der Waals surface area contributed by atoms with E-state index in [4.69, 9.17) is 18.0 Å². The van der Waals surface area contributed by atoms with Crippen LogP contribution in [-0.2, 0) is 17.6 Å². The van der Waals surface area contributed by atoms with Crippen molar-refractivity contribution in [2.75, 3.05) is 16.8 Å². The fraction of sp³-hybridized carbons (Fsp3) is 0.429. The Morgan fingerprint density at radius 1 is 1.26 bits per heavy atom. The number of thioether (sulfide) groups is 1. The molecule has 1 aromatic rings. The maximum Gasteiger partial charge on any atom is 0.234 e. The molecule has 0 aliphatic carbocycles. The molecule has 0 aliphatic rings. The van der Waals surface area contributed by atoms with Crippen LogP contribution in [-0.4, -0.2) is 22.4 Å². The van der Waals surface area contributed by atoms with Crippen LogP contribution in [0.25, 0.3) is 0 Å². The van der Waals surface area contributed by atoms with Crippen LogP contribution in [0.1, 0.15) is 25.0 Å². The van der Waals surface area contributed by atoms with Gasteiger partial charge >= 0.3 is 0 Å². The Kier molecular flexibility index (Phi) is 6.87. The molecule has 0 bridgehead atoms. The summed E-state index contributed by atoms with van der Waals surface area (Å²) in [6, 6.07) is 6.14. The van der Waals surface area contributed by atoms with Gasteiger partial charge in [0.1, 0.15) is 0 Å². The topological polar surface area (TPSA) is 55.1 Å². The molecule has 3 nitrogen and oxygen atoms in total. The molecule has 1 amide bonds. The normalized spacial score (nSPS) is 10.2. The van der Waals surface area contributed by atoms with Gasteiger partial charge in [-0.3, -0.25) is 4.79 Å². The van der Waals surface area contributed by atoms with E-state index in [0.717, 1.165) is 18.5 Å². The summed E-state index contributed by atoms with van der Waals surface area (Å²) in [5.41, 5.74) is 8.71. The standard InChI is InChI=1S/C14H20N2OS2/c1-3-10-6-5-7-11(4-2)14(10)16-13(17)9-19-8-12(15)18/h5-7H,3-4,8-9H2,1-2H3,(H2,15,18)(H,16,17). The van der Waals surface area contributed by atoms with E-state index in [0.29, 0.717) is 16.5 Å². The quantitative estimate of drug-likeness (QED) is 0.760. The molecule has 0 fully saturated rings. The lowest BCUT2D eigenvalue weighted by Gasteiger charge is -2.14. The van der Waals surface area contributed by atoms with Crippen molar-refractivity contribution in [3.8, 4) is 0 Å². The molecule has 0 aromatic heterocycles. The van der Waals surface area contributed by atoms with E-state index in [1.165, 1.54) is 22.9 Å². The molecule has 0 saturated heterocycles. The molecule has 0 radical (unpaired) electrons. The van der Waals surface area contributed by atoms with Crippen LogP contribution in [0.3, 0.4) is 0 Å². The van der Waals surface area contributed by atoms with Gasteiger partial charge in [0.25, 0.3) is 0 Å². The summed E-state index contributed by atoms with van der Waals surface area (Å²) < 4.78 is 0. The molecule has 5 heteroatoms. The van der Waals surface area contributed by atoms with E-state index in [2.05, 4.69) is 31.3 Å². The highest BCUT2D eigenvalue weighted by Gasteiger charge is 2.10. The number of para-hydroxylation sites is 1. The van der Waals surface area contributed by atoms with E-state index < -0.39 is 0 Å². The Morgan fingerprint density at radius 2 is 1.84 bits per heavy atom. The van der Waals surface area contributed by atoms with Crippen LogP contribution >= 0.6 is 24.0 Å². The second kappa shape index (κ2) is 8.17. The van der Waals surface area contributed by atoms with Crippen molar-refractivity contribution in [3.63, 3.8) is 0 Å². The van der Waals surface area contributed by atoms with Gasteiger partial charge in [-0.1, -0.05) is 44.3 Å². The molecule has 19 heavy (non-hydrogen) atoms. The third kappa shape index (κ3) is 5.20. The summed E-state index contributed by atoms with van der Waals surface area (Å²) in [6.07, 6.45) is 1.81. The van der Waals surface area contributed by atoms with Crippen LogP contribution in [0.5, 0.6) is 0 Å². The van der Waals surface area contributed by atoms with Crippen molar-refractivity contribution in [2.45, 2.75) is 26.7 Å². The Labute approximate surface area is 124 Å². The Hall–Kier alpha value is -1.07. The number of benzene rings is 1. The highest BCUT2D eigenvalue weighted by molar-refractivity contribution is 8.01. The van der Waals surface area contributed by atoms with E-state index in [9.17, 15) is 4.79 Å². The minimum atomic E-state index is -0.00292. The second-order valence-corrected chi connectivity index (χ2v) is 5.68. The van der Waals surface area contributed by atoms with Gasteiger partial charge < -0.3 is 11.1 Å². The van der Waals surface area contributed by atoms with Crippen molar-refractivity contribution in [1.82, 2.24) is 0 Å². The third-order valence-electron chi connectivity index (χ3n) is 2.74. The zero-order chi connectivity index (χ0) is 14.3.